The summed E-state index contributed by atoms with van der Waals surface area (Å²) in [4.78, 5) is 38.8. The first-order valence-electron chi connectivity index (χ1n) is 9.19. The number of benzene rings is 2. The maximum atomic E-state index is 13.1. The van der Waals surface area contributed by atoms with Gasteiger partial charge in [0.15, 0.2) is 0 Å². The zero-order valence-corrected chi connectivity index (χ0v) is 17.7. The minimum absolute atomic E-state index is 0.106. The Bertz CT molecular complexity index is 1040. The predicted molar refractivity (Wildman–Crippen MR) is 114 cm³/mol. The van der Waals surface area contributed by atoms with Gasteiger partial charge in [0.05, 0.1) is 24.9 Å². The Balaban J connectivity index is 2.05. The Morgan fingerprint density at radius 3 is 2.20 bits per heavy atom. The SMILES string of the molecule is COc1cc(N2C(=O)NC(=O)/C(=C\c3ccc(C(C)C)cc3)C2=O)c(OC)cc1Cl. The summed E-state index contributed by atoms with van der Waals surface area (Å²) in [5.41, 5.74) is 1.72. The molecule has 156 valence electrons. The average molecular weight is 429 g/mol. The van der Waals surface area contributed by atoms with Crippen molar-refractivity contribution in [3.63, 3.8) is 0 Å². The fraction of sp³-hybridized carbons (Fsp3) is 0.227. The molecule has 0 aromatic heterocycles. The van der Waals surface area contributed by atoms with E-state index < -0.39 is 17.8 Å². The van der Waals surface area contributed by atoms with Crippen LogP contribution in [-0.4, -0.2) is 32.1 Å². The molecule has 1 aliphatic rings. The first-order valence-corrected chi connectivity index (χ1v) is 9.57. The molecule has 7 nitrogen and oxygen atoms in total. The number of hydrogen-bond donors (Lipinski definition) is 1. The van der Waals surface area contributed by atoms with Crippen molar-refractivity contribution in [2.24, 2.45) is 0 Å². The summed E-state index contributed by atoms with van der Waals surface area (Å²) in [7, 11) is 2.79. The van der Waals surface area contributed by atoms with E-state index in [0.29, 0.717) is 11.5 Å². The molecule has 30 heavy (non-hydrogen) atoms. The lowest BCUT2D eigenvalue weighted by Gasteiger charge is -2.28. The molecule has 0 atom stereocenters. The second kappa shape index (κ2) is 8.59. The second-order valence-corrected chi connectivity index (χ2v) is 7.35. The van der Waals surface area contributed by atoms with E-state index in [9.17, 15) is 14.4 Å². The minimum atomic E-state index is -0.889. The molecule has 0 unspecified atom stereocenters. The van der Waals surface area contributed by atoms with Crippen LogP contribution < -0.4 is 19.7 Å². The molecule has 0 saturated carbocycles. The van der Waals surface area contributed by atoms with E-state index in [1.807, 2.05) is 24.3 Å². The molecule has 3 rings (SSSR count). The van der Waals surface area contributed by atoms with Crippen molar-refractivity contribution < 1.29 is 23.9 Å². The minimum Gasteiger partial charge on any atom is -0.495 e. The van der Waals surface area contributed by atoms with Gasteiger partial charge in [-0.1, -0.05) is 49.7 Å². The molecule has 8 heteroatoms. The number of ether oxygens (including phenoxy) is 2. The summed E-state index contributed by atoms with van der Waals surface area (Å²) in [6.45, 7) is 4.14. The van der Waals surface area contributed by atoms with Crippen LogP contribution in [0.5, 0.6) is 11.5 Å². The van der Waals surface area contributed by atoms with Crippen molar-refractivity contribution in [2.75, 3.05) is 19.1 Å². The molecule has 4 amide bonds. The number of urea groups is 1. The van der Waals surface area contributed by atoms with Gasteiger partial charge in [0.25, 0.3) is 11.8 Å². The number of rotatable bonds is 5. The fourth-order valence-electron chi connectivity index (χ4n) is 3.04. The highest BCUT2D eigenvalue weighted by Crippen LogP contribution is 2.39. The van der Waals surface area contributed by atoms with Crippen LogP contribution in [0.1, 0.15) is 30.9 Å². The quantitative estimate of drug-likeness (QED) is 0.571. The fourth-order valence-corrected chi connectivity index (χ4v) is 3.27. The zero-order chi connectivity index (χ0) is 22.0. The van der Waals surface area contributed by atoms with Gasteiger partial charge in [-0.15, -0.1) is 0 Å². The number of anilines is 1. The summed E-state index contributed by atoms with van der Waals surface area (Å²) in [6, 6.07) is 9.44. The number of methoxy groups -OCH3 is 2. The lowest BCUT2D eigenvalue weighted by atomic mass is 10.0. The van der Waals surface area contributed by atoms with Crippen LogP contribution in [0.25, 0.3) is 6.08 Å². The first kappa shape index (κ1) is 21.4. The van der Waals surface area contributed by atoms with E-state index in [4.69, 9.17) is 21.1 Å². The summed E-state index contributed by atoms with van der Waals surface area (Å²) in [5.74, 6) is -0.765. The highest BCUT2D eigenvalue weighted by Gasteiger charge is 2.38. The van der Waals surface area contributed by atoms with E-state index in [-0.39, 0.29) is 27.8 Å². The highest BCUT2D eigenvalue weighted by molar-refractivity contribution is 6.39. The molecule has 0 spiro atoms. The zero-order valence-electron chi connectivity index (χ0n) is 17.0. The van der Waals surface area contributed by atoms with Gasteiger partial charge in [-0.3, -0.25) is 14.9 Å². The van der Waals surface area contributed by atoms with Gasteiger partial charge < -0.3 is 9.47 Å². The molecular formula is C22H21ClN2O5. The van der Waals surface area contributed by atoms with E-state index in [2.05, 4.69) is 19.2 Å². The molecule has 1 N–H and O–H groups in total. The summed E-state index contributed by atoms with van der Waals surface area (Å²) in [6.07, 6.45) is 1.45. The van der Waals surface area contributed by atoms with Crippen LogP contribution in [0.2, 0.25) is 5.02 Å². The molecule has 1 aliphatic heterocycles. The Morgan fingerprint density at radius 2 is 1.63 bits per heavy atom. The van der Waals surface area contributed by atoms with Crippen LogP contribution in [0.4, 0.5) is 10.5 Å². The normalized spacial score (nSPS) is 15.6. The van der Waals surface area contributed by atoms with Crippen molar-refractivity contribution in [3.8, 4) is 11.5 Å². The number of nitrogens with one attached hydrogen (secondary N) is 1. The molecule has 0 aliphatic carbocycles. The smallest absolute Gasteiger partial charge is 0.336 e. The standard InChI is InChI=1S/C22H21ClN2O5/c1-12(2)14-7-5-13(6-8-14)9-15-20(26)24-22(28)25(21(15)27)17-11-18(29-3)16(23)10-19(17)30-4/h5-12H,1-4H3,(H,24,26,28)/b15-9+. The lowest BCUT2D eigenvalue weighted by molar-refractivity contribution is -0.122. The van der Waals surface area contributed by atoms with Crippen LogP contribution >= 0.6 is 11.6 Å². The number of nitrogens with zero attached hydrogens (tertiary/aromatic N) is 1. The molecule has 2 aromatic carbocycles. The number of halogens is 1. The summed E-state index contributed by atoms with van der Waals surface area (Å²) >= 11 is 6.11. The van der Waals surface area contributed by atoms with Gasteiger partial charge >= 0.3 is 6.03 Å². The van der Waals surface area contributed by atoms with Crippen LogP contribution in [0.15, 0.2) is 42.0 Å². The van der Waals surface area contributed by atoms with Gasteiger partial charge in [0.1, 0.15) is 17.1 Å². The molecule has 1 heterocycles. The molecule has 1 fully saturated rings. The summed E-state index contributed by atoms with van der Waals surface area (Å²) in [5, 5.41) is 2.44. The Labute approximate surface area is 179 Å². The second-order valence-electron chi connectivity index (χ2n) is 6.94. The molecule has 0 bridgehead atoms. The van der Waals surface area contributed by atoms with Crippen molar-refractivity contribution >= 4 is 41.2 Å². The molecule has 0 radical (unpaired) electrons. The van der Waals surface area contributed by atoms with Crippen molar-refractivity contribution in [1.82, 2.24) is 5.32 Å². The largest absolute Gasteiger partial charge is 0.495 e. The monoisotopic (exact) mass is 428 g/mol. The predicted octanol–water partition coefficient (Wildman–Crippen LogP) is 4.15. The van der Waals surface area contributed by atoms with E-state index in [1.54, 1.807) is 0 Å². The maximum Gasteiger partial charge on any atom is 0.336 e. The highest BCUT2D eigenvalue weighted by atomic mass is 35.5. The van der Waals surface area contributed by atoms with Crippen molar-refractivity contribution in [3.05, 3.63) is 58.1 Å². The third kappa shape index (κ3) is 4.02. The number of amides is 4. The van der Waals surface area contributed by atoms with E-state index in [0.717, 1.165) is 10.5 Å². The first-order chi connectivity index (χ1) is 14.3. The molecule has 1 saturated heterocycles. The van der Waals surface area contributed by atoms with E-state index >= 15 is 0 Å². The topological polar surface area (TPSA) is 84.9 Å². The molecule has 2 aromatic rings. The molecular weight excluding hydrogens is 408 g/mol. The van der Waals surface area contributed by atoms with E-state index in [1.165, 1.54) is 32.4 Å². The van der Waals surface area contributed by atoms with Gasteiger partial charge in [-0.05, 0) is 23.1 Å². The van der Waals surface area contributed by atoms with Crippen LogP contribution in [0, 0.1) is 0 Å². The number of hydrogen-bond acceptors (Lipinski definition) is 5. The number of barbiturate groups is 1. The number of imide groups is 2. The Morgan fingerprint density at radius 1 is 1.00 bits per heavy atom. The Kier molecular flexibility index (Phi) is 6.12. The number of carbonyl (C=O) groups excluding carboxylic acids is 3. The van der Waals surface area contributed by atoms with Gasteiger partial charge in [-0.25, -0.2) is 9.69 Å². The third-order valence-corrected chi connectivity index (χ3v) is 5.01. The number of carbonyl (C=O) groups is 3. The summed E-state index contributed by atoms with van der Waals surface area (Å²) < 4.78 is 10.5. The van der Waals surface area contributed by atoms with Crippen LogP contribution in [0.3, 0.4) is 0 Å². The maximum absolute atomic E-state index is 13.1. The average Bonchev–Trinajstić information content (AvgIpc) is 2.71. The Hall–Kier alpha value is -3.32. The van der Waals surface area contributed by atoms with Crippen molar-refractivity contribution in [1.29, 1.82) is 0 Å². The van der Waals surface area contributed by atoms with Crippen molar-refractivity contribution in [2.45, 2.75) is 19.8 Å². The lowest BCUT2D eigenvalue weighted by Crippen LogP contribution is -2.54. The van der Waals surface area contributed by atoms with Gasteiger partial charge in [-0.2, -0.15) is 0 Å². The van der Waals surface area contributed by atoms with Crippen LogP contribution in [-0.2, 0) is 9.59 Å². The van der Waals surface area contributed by atoms with Gasteiger partial charge in [0.2, 0.25) is 0 Å². The van der Waals surface area contributed by atoms with Gasteiger partial charge in [0, 0.05) is 12.1 Å². The third-order valence-electron chi connectivity index (χ3n) is 4.71.